The highest BCUT2D eigenvalue weighted by molar-refractivity contribution is 5.02. The van der Waals surface area contributed by atoms with Gasteiger partial charge >= 0.3 is 0 Å². The Balaban J connectivity index is 1.55. The van der Waals surface area contributed by atoms with Gasteiger partial charge in [-0.3, -0.25) is 4.90 Å². The minimum Gasteiger partial charge on any atom is -0.467 e. The minimum absolute atomic E-state index is 0.265. The summed E-state index contributed by atoms with van der Waals surface area (Å²) in [5.41, 5.74) is 0. The predicted molar refractivity (Wildman–Crippen MR) is 78.0 cm³/mol. The quantitative estimate of drug-likeness (QED) is 0.898. The van der Waals surface area contributed by atoms with Gasteiger partial charge in [0.2, 0.25) is 0 Å². The van der Waals surface area contributed by atoms with Crippen LogP contribution in [0.15, 0.2) is 22.8 Å². The highest BCUT2D eigenvalue weighted by Crippen LogP contribution is 2.25. The van der Waals surface area contributed by atoms with E-state index in [0.29, 0.717) is 24.7 Å². The van der Waals surface area contributed by atoms with Crippen molar-refractivity contribution in [2.24, 2.45) is 5.92 Å². The molecule has 0 aromatic carbocycles. The normalized spacial score (nSPS) is 26.8. The summed E-state index contributed by atoms with van der Waals surface area (Å²) in [4.78, 5) is 2.48. The van der Waals surface area contributed by atoms with Crippen molar-refractivity contribution in [1.82, 2.24) is 4.90 Å². The van der Waals surface area contributed by atoms with Crippen LogP contribution in [0.25, 0.3) is 0 Å². The van der Waals surface area contributed by atoms with E-state index in [4.69, 9.17) is 13.9 Å². The van der Waals surface area contributed by atoms with E-state index in [0.717, 1.165) is 45.8 Å². The Morgan fingerprint density at radius 3 is 2.86 bits per heavy atom. The summed E-state index contributed by atoms with van der Waals surface area (Å²) in [7, 11) is 0. The van der Waals surface area contributed by atoms with Crippen molar-refractivity contribution in [1.29, 1.82) is 0 Å². The third-order valence-electron chi connectivity index (χ3n) is 4.55. The van der Waals surface area contributed by atoms with Crippen molar-refractivity contribution in [3.8, 4) is 0 Å². The highest BCUT2D eigenvalue weighted by Gasteiger charge is 2.29. The first kappa shape index (κ1) is 15.0. The summed E-state index contributed by atoms with van der Waals surface area (Å²) in [6.07, 6.45) is 4.01. The zero-order valence-electron chi connectivity index (χ0n) is 12.4. The van der Waals surface area contributed by atoms with Gasteiger partial charge in [-0.15, -0.1) is 0 Å². The zero-order chi connectivity index (χ0) is 14.5. The topological polar surface area (TPSA) is 55.1 Å². The molecule has 2 aliphatic heterocycles. The molecule has 1 aromatic rings. The summed E-state index contributed by atoms with van der Waals surface area (Å²) in [5.74, 6) is 1.35. The van der Waals surface area contributed by atoms with Gasteiger partial charge < -0.3 is 19.0 Å². The van der Waals surface area contributed by atoms with Crippen LogP contribution in [0, 0.1) is 5.92 Å². The Morgan fingerprint density at radius 2 is 2.10 bits per heavy atom. The average molecular weight is 295 g/mol. The Bertz CT molecular complexity index is 402. The number of hydrogen-bond acceptors (Lipinski definition) is 5. The van der Waals surface area contributed by atoms with Crippen LogP contribution in [-0.4, -0.2) is 55.6 Å². The first-order valence-electron chi connectivity index (χ1n) is 7.94. The SMILES string of the molecule is OC(CC1COCCN1CC1CCOCC1)c1ccco1. The number of ether oxygens (including phenoxy) is 2. The molecule has 2 unspecified atom stereocenters. The van der Waals surface area contributed by atoms with E-state index in [1.165, 1.54) is 0 Å². The highest BCUT2D eigenvalue weighted by atomic mass is 16.5. The van der Waals surface area contributed by atoms with Crippen LogP contribution < -0.4 is 0 Å². The number of rotatable bonds is 5. The van der Waals surface area contributed by atoms with Crippen LogP contribution in [0.5, 0.6) is 0 Å². The number of morpholine rings is 1. The summed E-state index contributed by atoms with van der Waals surface area (Å²) in [5, 5.41) is 10.3. The molecule has 2 fully saturated rings. The molecule has 0 amide bonds. The van der Waals surface area contributed by atoms with Gasteiger partial charge in [0.1, 0.15) is 11.9 Å². The van der Waals surface area contributed by atoms with Crippen molar-refractivity contribution >= 4 is 0 Å². The summed E-state index contributed by atoms with van der Waals surface area (Å²) >= 11 is 0. The number of nitrogens with zero attached hydrogens (tertiary/aromatic N) is 1. The molecule has 2 atom stereocenters. The first-order chi connectivity index (χ1) is 10.3. The Hall–Kier alpha value is -0.880. The van der Waals surface area contributed by atoms with E-state index in [2.05, 4.69) is 4.90 Å². The molecule has 5 nitrogen and oxygen atoms in total. The molecule has 0 spiro atoms. The second-order valence-electron chi connectivity index (χ2n) is 6.05. The van der Waals surface area contributed by atoms with Gasteiger partial charge in [0.15, 0.2) is 0 Å². The molecule has 21 heavy (non-hydrogen) atoms. The standard InChI is InChI=1S/C16H25NO4/c18-15(16-2-1-6-21-16)10-14-12-20-9-5-17(14)11-13-3-7-19-8-4-13/h1-2,6,13-15,18H,3-5,7-12H2. The van der Waals surface area contributed by atoms with Crippen LogP contribution in [0.2, 0.25) is 0 Å². The lowest BCUT2D eigenvalue weighted by molar-refractivity contribution is -0.0425. The number of aliphatic hydroxyl groups excluding tert-OH is 1. The van der Waals surface area contributed by atoms with Gasteiger partial charge in [-0.25, -0.2) is 0 Å². The second-order valence-corrected chi connectivity index (χ2v) is 6.05. The molecular weight excluding hydrogens is 270 g/mol. The van der Waals surface area contributed by atoms with Crippen molar-refractivity contribution in [3.05, 3.63) is 24.2 Å². The fourth-order valence-corrected chi connectivity index (χ4v) is 3.26. The molecule has 118 valence electrons. The number of aliphatic hydroxyl groups is 1. The molecule has 1 N–H and O–H groups in total. The molecular formula is C16H25NO4. The number of hydrogen-bond donors (Lipinski definition) is 1. The first-order valence-corrected chi connectivity index (χ1v) is 7.94. The van der Waals surface area contributed by atoms with E-state index in [-0.39, 0.29) is 6.04 Å². The maximum Gasteiger partial charge on any atom is 0.132 e. The van der Waals surface area contributed by atoms with Gasteiger partial charge in [0.25, 0.3) is 0 Å². The largest absolute Gasteiger partial charge is 0.467 e. The fraction of sp³-hybridized carbons (Fsp3) is 0.750. The zero-order valence-corrected chi connectivity index (χ0v) is 12.4. The molecule has 5 heteroatoms. The maximum absolute atomic E-state index is 10.3. The molecule has 2 aliphatic rings. The van der Waals surface area contributed by atoms with Crippen molar-refractivity contribution < 1.29 is 19.0 Å². The lowest BCUT2D eigenvalue weighted by atomic mass is 9.97. The van der Waals surface area contributed by atoms with Crippen LogP contribution in [0.4, 0.5) is 0 Å². The average Bonchev–Trinajstić information content (AvgIpc) is 3.05. The second kappa shape index (κ2) is 7.40. The van der Waals surface area contributed by atoms with E-state index < -0.39 is 6.10 Å². The van der Waals surface area contributed by atoms with Gasteiger partial charge in [-0.1, -0.05) is 0 Å². The smallest absolute Gasteiger partial charge is 0.132 e. The van der Waals surface area contributed by atoms with Crippen molar-refractivity contribution in [2.45, 2.75) is 31.4 Å². The summed E-state index contributed by atoms with van der Waals surface area (Å²) < 4.78 is 16.3. The van der Waals surface area contributed by atoms with Crippen LogP contribution in [0.1, 0.15) is 31.1 Å². The molecule has 3 heterocycles. The molecule has 0 radical (unpaired) electrons. The Kier molecular flexibility index (Phi) is 5.30. The maximum atomic E-state index is 10.3. The molecule has 1 aromatic heterocycles. The molecule has 0 aliphatic carbocycles. The van der Waals surface area contributed by atoms with Crippen molar-refractivity contribution in [2.75, 3.05) is 39.5 Å². The van der Waals surface area contributed by atoms with E-state index in [1.807, 2.05) is 12.1 Å². The third kappa shape index (κ3) is 4.07. The summed E-state index contributed by atoms with van der Waals surface area (Å²) in [6.45, 7) is 5.29. The van der Waals surface area contributed by atoms with Crippen LogP contribution in [-0.2, 0) is 9.47 Å². The Morgan fingerprint density at radius 1 is 1.24 bits per heavy atom. The van der Waals surface area contributed by atoms with Gasteiger partial charge in [-0.2, -0.15) is 0 Å². The van der Waals surface area contributed by atoms with Gasteiger partial charge in [0, 0.05) is 32.3 Å². The lowest BCUT2D eigenvalue weighted by Gasteiger charge is -2.39. The van der Waals surface area contributed by atoms with Gasteiger partial charge in [0.05, 0.1) is 19.5 Å². The molecule has 0 bridgehead atoms. The Labute approximate surface area is 125 Å². The molecule has 2 saturated heterocycles. The van der Waals surface area contributed by atoms with E-state index >= 15 is 0 Å². The molecule has 3 rings (SSSR count). The lowest BCUT2D eigenvalue weighted by Crippen LogP contribution is -2.48. The van der Waals surface area contributed by atoms with E-state index in [1.54, 1.807) is 6.26 Å². The van der Waals surface area contributed by atoms with Crippen molar-refractivity contribution in [3.63, 3.8) is 0 Å². The van der Waals surface area contributed by atoms with Gasteiger partial charge in [-0.05, 0) is 37.3 Å². The van der Waals surface area contributed by atoms with Crippen LogP contribution in [0.3, 0.4) is 0 Å². The minimum atomic E-state index is -0.552. The third-order valence-corrected chi connectivity index (χ3v) is 4.55. The molecule has 0 saturated carbocycles. The van der Waals surface area contributed by atoms with Crippen LogP contribution >= 0.6 is 0 Å². The monoisotopic (exact) mass is 295 g/mol. The van der Waals surface area contributed by atoms with E-state index in [9.17, 15) is 5.11 Å². The summed E-state index contributed by atoms with van der Waals surface area (Å²) in [6, 6.07) is 3.91. The number of furan rings is 1. The fourth-order valence-electron chi connectivity index (χ4n) is 3.26. The predicted octanol–water partition coefficient (Wildman–Crippen LogP) is 1.83.